The van der Waals surface area contributed by atoms with Gasteiger partial charge in [0.15, 0.2) is 0 Å². The smallest absolute Gasteiger partial charge is 0.134 e. The number of aryl methyl sites for hydroxylation is 2. The lowest BCUT2D eigenvalue weighted by molar-refractivity contribution is 0.548. The first-order valence-electron chi connectivity index (χ1n) is 4.40. The van der Waals surface area contributed by atoms with Gasteiger partial charge in [0.25, 0.3) is 0 Å². The molecule has 0 atom stereocenters. The molecule has 0 radical (unpaired) electrons. The highest BCUT2D eigenvalue weighted by Gasteiger charge is 2.03. The Morgan fingerprint density at radius 2 is 1.69 bits per heavy atom. The van der Waals surface area contributed by atoms with E-state index in [0.717, 1.165) is 11.5 Å². The Labute approximate surface area is 78.0 Å². The van der Waals surface area contributed by atoms with Crippen LogP contribution in [0.4, 0.5) is 0 Å². The Balaban J connectivity index is 2.52. The van der Waals surface area contributed by atoms with Crippen molar-refractivity contribution in [1.82, 2.24) is 0 Å². The molecule has 0 bridgehead atoms. The number of hydrogen-bond acceptors (Lipinski definition) is 1. The largest absolute Gasteiger partial charge is 0.461 e. The number of rotatable bonds is 1. The summed E-state index contributed by atoms with van der Waals surface area (Å²) in [5.41, 5.74) is 2.42. The van der Waals surface area contributed by atoms with Gasteiger partial charge in [-0.05, 0) is 31.5 Å². The molecule has 0 spiro atoms. The van der Waals surface area contributed by atoms with Crippen LogP contribution in [0.5, 0.6) is 0 Å². The number of furan rings is 1. The van der Waals surface area contributed by atoms with E-state index in [1.54, 1.807) is 0 Å². The van der Waals surface area contributed by atoms with E-state index in [4.69, 9.17) is 4.42 Å². The third kappa shape index (κ3) is 1.50. The van der Waals surface area contributed by atoms with Crippen LogP contribution in [0, 0.1) is 13.8 Å². The van der Waals surface area contributed by atoms with Crippen LogP contribution in [0.15, 0.2) is 40.8 Å². The van der Waals surface area contributed by atoms with Crippen molar-refractivity contribution in [3.63, 3.8) is 0 Å². The fourth-order valence-electron chi connectivity index (χ4n) is 1.43. The van der Waals surface area contributed by atoms with Crippen molar-refractivity contribution in [3.8, 4) is 11.3 Å². The normalized spacial score (nSPS) is 10.3. The van der Waals surface area contributed by atoms with Crippen LogP contribution in [0.25, 0.3) is 11.3 Å². The third-order valence-electron chi connectivity index (χ3n) is 2.15. The molecule has 2 aromatic rings. The van der Waals surface area contributed by atoms with E-state index in [-0.39, 0.29) is 0 Å². The zero-order valence-electron chi connectivity index (χ0n) is 7.87. The molecule has 0 aliphatic heterocycles. The number of hydrogen-bond donors (Lipinski definition) is 0. The van der Waals surface area contributed by atoms with Gasteiger partial charge in [0, 0.05) is 5.56 Å². The Morgan fingerprint density at radius 3 is 2.31 bits per heavy atom. The SMILES string of the molecule is Cc1ccc(-c2ccccc2C)o1. The highest BCUT2D eigenvalue weighted by molar-refractivity contribution is 5.61. The zero-order valence-corrected chi connectivity index (χ0v) is 7.87. The van der Waals surface area contributed by atoms with E-state index in [9.17, 15) is 0 Å². The molecule has 0 fully saturated rings. The van der Waals surface area contributed by atoms with E-state index >= 15 is 0 Å². The van der Waals surface area contributed by atoms with Crippen molar-refractivity contribution in [2.75, 3.05) is 0 Å². The van der Waals surface area contributed by atoms with Crippen LogP contribution in [-0.4, -0.2) is 0 Å². The molecule has 1 nitrogen and oxygen atoms in total. The van der Waals surface area contributed by atoms with Gasteiger partial charge in [-0.1, -0.05) is 24.3 Å². The molecule has 1 aromatic heterocycles. The maximum absolute atomic E-state index is 5.55. The Morgan fingerprint density at radius 1 is 0.923 bits per heavy atom. The van der Waals surface area contributed by atoms with Gasteiger partial charge in [-0.2, -0.15) is 0 Å². The quantitative estimate of drug-likeness (QED) is 0.641. The third-order valence-corrected chi connectivity index (χ3v) is 2.15. The molecule has 0 unspecified atom stereocenters. The predicted molar refractivity (Wildman–Crippen MR) is 53.6 cm³/mol. The van der Waals surface area contributed by atoms with Gasteiger partial charge in [-0.25, -0.2) is 0 Å². The molecule has 0 amide bonds. The molecule has 1 heterocycles. The second-order valence-electron chi connectivity index (χ2n) is 3.23. The summed E-state index contributed by atoms with van der Waals surface area (Å²) >= 11 is 0. The molecular formula is C12H12O. The topological polar surface area (TPSA) is 13.1 Å². The summed E-state index contributed by atoms with van der Waals surface area (Å²) in [4.78, 5) is 0. The van der Waals surface area contributed by atoms with Crippen molar-refractivity contribution < 1.29 is 4.42 Å². The van der Waals surface area contributed by atoms with Gasteiger partial charge in [0.2, 0.25) is 0 Å². The summed E-state index contributed by atoms with van der Waals surface area (Å²) in [6.07, 6.45) is 0. The lowest BCUT2D eigenvalue weighted by atomic mass is 10.1. The van der Waals surface area contributed by atoms with Crippen molar-refractivity contribution in [1.29, 1.82) is 0 Å². The Hall–Kier alpha value is -1.50. The lowest BCUT2D eigenvalue weighted by Gasteiger charge is -2.00. The van der Waals surface area contributed by atoms with Crippen LogP contribution in [0.2, 0.25) is 0 Å². The summed E-state index contributed by atoms with van der Waals surface area (Å²) < 4.78 is 5.55. The van der Waals surface area contributed by atoms with Crippen molar-refractivity contribution in [3.05, 3.63) is 47.7 Å². The summed E-state index contributed by atoms with van der Waals surface area (Å²) in [6.45, 7) is 4.05. The molecule has 0 aliphatic carbocycles. The van der Waals surface area contributed by atoms with Gasteiger partial charge in [0.05, 0.1) is 0 Å². The zero-order chi connectivity index (χ0) is 9.26. The van der Waals surface area contributed by atoms with Crippen LogP contribution >= 0.6 is 0 Å². The fraction of sp³-hybridized carbons (Fsp3) is 0.167. The van der Waals surface area contributed by atoms with Crippen molar-refractivity contribution in [2.24, 2.45) is 0 Å². The highest BCUT2D eigenvalue weighted by atomic mass is 16.3. The Kier molecular flexibility index (Phi) is 1.93. The van der Waals surface area contributed by atoms with Gasteiger partial charge in [-0.3, -0.25) is 0 Å². The van der Waals surface area contributed by atoms with E-state index in [1.165, 1.54) is 11.1 Å². The highest BCUT2D eigenvalue weighted by Crippen LogP contribution is 2.24. The molecule has 0 aliphatic rings. The molecule has 1 aromatic carbocycles. The summed E-state index contributed by atoms with van der Waals surface area (Å²) in [7, 11) is 0. The first kappa shape index (κ1) is 8.11. The summed E-state index contributed by atoms with van der Waals surface area (Å²) in [5, 5.41) is 0. The maximum Gasteiger partial charge on any atom is 0.134 e. The fourth-order valence-corrected chi connectivity index (χ4v) is 1.43. The van der Waals surface area contributed by atoms with Gasteiger partial charge in [-0.15, -0.1) is 0 Å². The minimum Gasteiger partial charge on any atom is -0.461 e. The van der Waals surface area contributed by atoms with Crippen molar-refractivity contribution in [2.45, 2.75) is 13.8 Å². The second kappa shape index (κ2) is 3.09. The molecule has 0 saturated heterocycles. The molecular weight excluding hydrogens is 160 g/mol. The average Bonchev–Trinajstić information content (AvgIpc) is 2.53. The van der Waals surface area contributed by atoms with Crippen LogP contribution in [-0.2, 0) is 0 Å². The van der Waals surface area contributed by atoms with Crippen molar-refractivity contribution >= 4 is 0 Å². The van der Waals surface area contributed by atoms with Gasteiger partial charge >= 0.3 is 0 Å². The van der Waals surface area contributed by atoms with E-state index in [0.29, 0.717) is 0 Å². The van der Waals surface area contributed by atoms with Crippen LogP contribution < -0.4 is 0 Å². The maximum atomic E-state index is 5.55. The predicted octanol–water partition coefficient (Wildman–Crippen LogP) is 3.56. The van der Waals surface area contributed by atoms with Gasteiger partial charge in [0.1, 0.15) is 11.5 Å². The second-order valence-corrected chi connectivity index (χ2v) is 3.23. The van der Waals surface area contributed by atoms with Gasteiger partial charge < -0.3 is 4.42 Å². The molecule has 0 N–H and O–H groups in total. The first-order chi connectivity index (χ1) is 6.27. The first-order valence-corrected chi connectivity index (χ1v) is 4.40. The number of benzene rings is 1. The molecule has 66 valence electrons. The lowest BCUT2D eigenvalue weighted by Crippen LogP contribution is -1.78. The standard InChI is InChI=1S/C12H12O/c1-9-5-3-4-6-11(9)12-8-7-10(2)13-12/h3-8H,1-2H3. The monoisotopic (exact) mass is 172 g/mol. The van der Waals surface area contributed by atoms with E-state index in [2.05, 4.69) is 19.1 Å². The molecule has 13 heavy (non-hydrogen) atoms. The summed E-state index contributed by atoms with van der Waals surface area (Å²) in [5.74, 6) is 1.91. The molecule has 2 rings (SSSR count). The van der Waals surface area contributed by atoms with E-state index in [1.807, 2.05) is 31.2 Å². The van der Waals surface area contributed by atoms with Crippen LogP contribution in [0.3, 0.4) is 0 Å². The van der Waals surface area contributed by atoms with Crippen LogP contribution in [0.1, 0.15) is 11.3 Å². The van der Waals surface area contributed by atoms with E-state index < -0.39 is 0 Å². The summed E-state index contributed by atoms with van der Waals surface area (Å²) in [6, 6.07) is 12.2. The minimum atomic E-state index is 0.954. The molecule has 1 heteroatoms. The molecule has 0 saturated carbocycles. The minimum absolute atomic E-state index is 0.954. The average molecular weight is 172 g/mol. The Bertz CT molecular complexity index is 413.